The maximum Gasteiger partial charge on any atom is 0.336 e. The van der Waals surface area contributed by atoms with Gasteiger partial charge in [0.2, 0.25) is 6.41 Å². The van der Waals surface area contributed by atoms with Crippen LogP contribution in [-0.2, 0) is 14.1 Å². The molecule has 332 valence electrons. The van der Waals surface area contributed by atoms with Crippen molar-refractivity contribution in [2.45, 2.75) is 68.5 Å². The lowest BCUT2D eigenvalue weighted by molar-refractivity contribution is -0.106. The Kier molecular flexibility index (Phi) is 17.6. The van der Waals surface area contributed by atoms with Crippen LogP contribution in [0.1, 0.15) is 42.5 Å². The number of hydrogen-bond acceptors (Lipinski definition) is 17. The van der Waals surface area contributed by atoms with Gasteiger partial charge in [-0.3, -0.25) is 14.6 Å². The lowest BCUT2D eigenvalue weighted by Gasteiger charge is -2.31. The summed E-state index contributed by atoms with van der Waals surface area (Å²) < 4.78 is 17.2. The number of amides is 1. The molecular formula is C40H50N9O11PS. The molecule has 7 rings (SSSR count). The van der Waals surface area contributed by atoms with Gasteiger partial charge >= 0.3 is 5.97 Å². The number of aliphatic hydroxyl groups is 3. The maximum absolute atomic E-state index is 12.3. The number of hydrogen-bond donors (Lipinski definition) is 10. The van der Waals surface area contributed by atoms with E-state index in [1.807, 2.05) is 0 Å². The summed E-state index contributed by atoms with van der Waals surface area (Å²) in [5, 5.41) is 55.1. The van der Waals surface area contributed by atoms with Crippen molar-refractivity contribution in [2.75, 3.05) is 31.7 Å². The number of nitrogens with one attached hydrogen (secondary N) is 2. The number of aliphatic imine (C=N–C) groups is 3. The Bertz CT molecular complexity index is 2300. The van der Waals surface area contributed by atoms with Gasteiger partial charge in [-0.15, -0.1) is 0 Å². The molecule has 62 heavy (non-hydrogen) atoms. The number of unbranched alkanes of at least 4 members (excludes halogenated alkanes) is 3. The van der Waals surface area contributed by atoms with Crippen LogP contribution in [0, 0.1) is 0 Å². The summed E-state index contributed by atoms with van der Waals surface area (Å²) in [6.07, 6.45) is 5.48. The Hall–Kier alpha value is -5.64. The number of primary amides is 1. The van der Waals surface area contributed by atoms with Crippen LogP contribution in [-0.4, -0.2) is 129 Å². The minimum absolute atomic E-state index is 0.00847. The van der Waals surface area contributed by atoms with Crippen LogP contribution in [0.2, 0.25) is 0 Å². The minimum atomic E-state index is -1.13. The molecule has 0 bridgehead atoms. The molecule has 7 atom stereocenters. The number of carboxylic acid groups (broad SMARTS) is 1. The lowest BCUT2D eigenvalue weighted by Crippen LogP contribution is -2.50. The number of carbonyl (C=O) groups is 2. The van der Waals surface area contributed by atoms with Gasteiger partial charge in [0.15, 0.2) is 22.9 Å². The van der Waals surface area contributed by atoms with Crippen molar-refractivity contribution in [1.29, 1.82) is 0 Å². The number of nitrogens with two attached hydrogens (primary N) is 3. The quantitative estimate of drug-likeness (QED) is 0.0267. The summed E-state index contributed by atoms with van der Waals surface area (Å²) >= 11 is 5.35. The van der Waals surface area contributed by atoms with E-state index < -0.39 is 18.3 Å². The molecule has 0 saturated carbocycles. The van der Waals surface area contributed by atoms with Gasteiger partial charge in [-0.05, 0) is 67.0 Å². The predicted molar refractivity (Wildman–Crippen MR) is 240 cm³/mol. The van der Waals surface area contributed by atoms with E-state index in [2.05, 4.69) is 31.3 Å². The highest BCUT2D eigenvalue weighted by Gasteiger charge is 2.45. The second-order valence-corrected chi connectivity index (χ2v) is 15.8. The molecule has 2 aromatic carbocycles. The molecule has 22 heteroatoms. The third-order valence-electron chi connectivity index (χ3n) is 9.66. The molecule has 1 saturated heterocycles. The van der Waals surface area contributed by atoms with Crippen molar-refractivity contribution in [1.82, 2.24) is 10.2 Å². The maximum atomic E-state index is 12.3. The van der Waals surface area contributed by atoms with Crippen LogP contribution in [0.3, 0.4) is 0 Å². The molecule has 0 spiro atoms. The molecule has 0 aromatic heterocycles. The van der Waals surface area contributed by atoms with E-state index in [1.165, 1.54) is 36.7 Å². The summed E-state index contributed by atoms with van der Waals surface area (Å²) in [6.45, 7) is 1.05. The van der Waals surface area contributed by atoms with Crippen LogP contribution < -0.4 is 33.3 Å². The number of fused-ring (bicyclic) bond motifs is 3. The number of aromatic carboxylic acids is 1. The number of aliphatic hydroxyl groups excluding tert-OH is 3. The van der Waals surface area contributed by atoms with Gasteiger partial charge in [0.1, 0.15) is 41.4 Å². The number of benzene rings is 3. The summed E-state index contributed by atoms with van der Waals surface area (Å²) in [7, 11) is -0.00847. The summed E-state index contributed by atoms with van der Waals surface area (Å²) in [5.41, 5.74) is 17.8. The second kappa shape index (κ2) is 23.0. The van der Waals surface area contributed by atoms with Gasteiger partial charge in [0.05, 0.1) is 37.0 Å². The van der Waals surface area contributed by atoms with Crippen molar-refractivity contribution in [3.63, 3.8) is 0 Å². The fourth-order valence-electron chi connectivity index (χ4n) is 6.83. The molecule has 7 unspecified atom stereocenters. The number of rotatable bonds is 15. The van der Waals surface area contributed by atoms with Gasteiger partial charge in [0, 0.05) is 62.7 Å². The number of amidine groups is 1. The van der Waals surface area contributed by atoms with E-state index in [0.717, 1.165) is 25.7 Å². The number of aromatic hydroxyl groups is 1. The Labute approximate surface area is 362 Å². The Morgan fingerprint density at radius 3 is 2.58 bits per heavy atom. The minimum Gasteiger partial charge on any atom is -0.508 e. The van der Waals surface area contributed by atoms with Crippen LogP contribution >= 0.6 is 21.0 Å². The standard InChI is InChI=1S/C27H26N2O6S.C12H21N6O4P.CH3NO/c30-12-4-2-1-3-11-28-27(36)29-16-5-8-19(22(13-16)26(33)34)25-20-9-6-17(31)14-23(20)35-24-15-18(32)7-10-21(24)25;13-8(2-19)23-21-3-6-1-7(20)12(22-6)18-5-17-9-10(14)15-4-16-11(9)18;2-1-3/h5-10,13-15,30-31H,1-4,11-12H2,(H,33,34)(H2,28,29,36);4-9,11-12,19-20,23H,1-3,13H2,(H2,14,15,16);1H,(H2,2,3). The number of phenols is 1. The first-order valence-corrected chi connectivity index (χ1v) is 20.9. The van der Waals surface area contributed by atoms with Gasteiger partial charge in [-0.2, -0.15) is 0 Å². The van der Waals surface area contributed by atoms with E-state index in [-0.39, 0.29) is 69.3 Å². The van der Waals surface area contributed by atoms with Crippen LogP contribution in [0.4, 0.5) is 5.69 Å². The van der Waals surface area contributed by atoms with Gasteiger partial charge in [-0.1, -0.05) is 18.9 Å². The number of anilines is 1. The van der Waals surface area contributed by atoms with Gasteiger partial charge in [-0.25, -0.2) is 14.8 Å². The first kappa shape index (κ1) is 47.4. The van der Waals surface area contributed by atoms with Crippen molar-refractivity contribution >= 4 is 73.7 Å². The number of thiocarbonyl (C=S) groups is 1. The summed E-state index contributed by atoms with van der Waals surface area (Å²) in [4.78, 5) is 47.1. The highest BCUT2D eigenvalue weighted by atomic mass is 32.1. The summed E-state index contributed by atoms with van der Waals surface area (Å²) in [6, 6.07) is 13.5. The largest absolute Gasteiger partial charge is 0.508 e. The van der Waals surface area contributed by atoms with Crippen molar-refractivity contribution in [3.05, 3.63) is 70.4 Å². The molecule has 5 aliphatic rings. The average molecular weight is 896 g/mol. The molecule has 0 radical (unpaired) electrons. The molecule has 13 N–H and O–H groups in total. The number of carboxylic acids is 1. The predicted octanol–water partition coefficient (Wildman–Crippen LogP) is 1.70. The Balaban J connectivity index is 0.000000239. The first-order chi connectivity index (χ1) is 29.9. The van der Waals surface area contributed by atoms with E-state index >= 15 is 0 Å². The highest BCUT2D eigenvalue weighted by molar-refractivity contribution is 7.80. The van der Waals surface area contributed by atoms with Crippen molar-refractivity contribution < 1.29 is 48.8 Å². The zero-order valence-corrected chi connectivity index (χ0v) is 35.2. The highest BCUT2D eigenvalue weighted by Crippen LogP contribution is 2.42. The molecule has 4 aliphatic heterocycles. The molecule has 1 aliphatic carbocycles. The smallest absolute Gasteiger partial charge is 0.336 e. The SMILES string of the molecule is NC1=NC=NC2C1N=CN2C1OC(COPC(N)CO)CC1O.NC=O.O=C(O)c1cc(NC(=S)NCCCCCCO)ccc1-c1c2ccc(=O)cc-2oc2cc(O)ccc12. The van der Waals surface area contributed by atoms with E-state index in [1.54, 1.807) is 35.5 Å². The molecule has 1 amide bonds. The first-order valence-electron chi connectivity index (χ1n) is 19.5. The lowest BCUT2D eigenvalue weighted by atomic mass is 9.90. The number of phenolic OH excluding ortho intramolecular Hbond substituents is 1. The van der Waals surface area contributed by atoms with E-state index in [9.17, 15) is 24.9 Å². The molecular weight excluding hydrogens is 846 g/mol. The zero-order valence-electron chi connectivity index (χ0n) is 33.4. The summed E-state index contributed by atoms with van der Waals surface area (Å²) in [5.74, 6) is -0.837. The monoisotopic (exact) mass is 895 g/mol. The number of carbonyl (C=O) groups excluding carboxylic acids is 1. The average Bonchev–Trinajstić information content (AvgIpc) is 3.85. The fraction of sp³-hybridized carbons (Fsp3) is 0.375. The normalized spacial score (nSPS) is 20.5. The van der Waals surface area contributed by atoms with Crippen LogP contribution in [0.5, 0.6) is 5.75 Å². The van der Waals surface area contributed by atoms with E-state index in [0.29, 0.717) is 69.6 Å². The van der Waals surface area contributed by atoms with Crippen LogP contribution in [0.15, 0.2) is 78.8 Å². The van der Waals surface area contributed by atoms with Gasteiger partial charge < -0.3 is 71.9 Å². The Morgan fingerprint density at radius 1 is 1.08 bits per heavy atom. The van der Waals surface area contributed by atoms with Crippen molar-refractivity contribution in [2.24, 2.45) is 32.2 Å². The zero-order chi connectivity index (χ0) is 44.8. The van der Waals surface area contributed by atoms with Gasteiger partial charge in [0.25, 0.3) is 0 Å². The van der Waals surface area contributed by atoms with E-state index in [4.69, 9.17) is 52.4 Å². The third-order valence-corrected chi connectivity index (χ3v) is 10.7. The molecule has 20 nitrogen and oxygen atoms in total. The topological polar surface area (TPSA) is 326 Å². The third kappa shape index (κ3) is 12.3. The Morgan fingerprint density at radius 2 is 1.84 bits per heavy atom. The van der Waals surface area contributed by atoms with Crippen molar-refractivity contribution in [3.8, 4) is 28.2 Å². The molecule has 2 aromatic rings. The second-order valence-electron chi connectivity index (χ2n) is 14.1. The fourth-order valence-corrected chi connectivity index (χ4v) is 7.62. The molecule has 4 heterocycles. The number of ether oxygens (including phenoxy) is 1. The number of nitrogens with zero attached hydrogens (tertiary/aromatic N) is 4. The van der Waals surface area contributed by atoms with Crippen LogP contribution in [0.25, 0.3) is 33.4 Å². The molecule has 1 fully saturated rings.